The van der Waals surface area contributed by atoms with Crippen LogP contribution in [0.15, 0.2) is 47.7 Å². The van der Waals surface area contributed by atoms with Crippen molar-refractivity contribution in [1.82, 2.24) is 4.90 Å². The van der Waals surface area contributed by atoms with Gasteiger partial charge in [-0.25, -0.2) is 0 Å². The Hall–Kier alpha value is -3.41. The molecule has 0 unspecified atom stereocenters. The third kappa shape index (κ3) is 3.74. The van der Waals surface area contributed by atoms with E-state index in [-0.39, 0.29) is 17.1 Å². The molecular weight excluding hydrogens is 454 g/mol. The minimum Gasteiger partial charge on any atom is -0.493 e. The highest BCUT2D eigenvalue weighted by molar-refractivity contribution is 6.01. The lowest BCUT2D eigenvalue weighted by atomic mass is 9.69. The molecule has 0 N–H and O–H groups in total. The zero-order chi connectivity index (χ0) is 25.0. The van der Waals surface area contributed by atoms with Gasteiger partial charge in [-0.1, -0.05) is 19.9 Å². The van der Waals surface area contributed by atoms with Crippen molar-refractivity contribution in [3.05, 3.63) is 64.4 Å². The fourth-order valence-electron chi connectivity index (χ4n) is 6.10. The summed E-state index contributed by atoms with van der Waals surface area (Å²) in [6, 6.07) is 10.3. The first kappa shape index (κ1) is 23.0. The molecule has 0 aromatic heterocycles. The number of ketones is 1. The molecule has 2 aromatic carbocycles. The lowest BCUT2D eigenvalue weighted by Gasteiger charge is -2.46. The van der Waals surface area contributed by atoms with Crippen molar-refractivity contribution in [2.45, 2.75) is 45.4 Å². The number of hydrogen-bond acceptors (Lipinski definition) is 6. The molecule has 3 aliphatic heterocycles. The average Bonchev–Trinajstić information content (AvgIpc) is 3.10. The summed E-state index contributed by atoms with van der Waals surface area (Å²) in [7, 11) is 3.28. The number of hydrogen-bond donors (Lipinski definition) is 0. The lowest BCUT2D eigenvalue weighted by molar-refractivity contribution is -0.118. The van der Waals surface area contributed by atoms with Crippen LogP contribution in [-0.4, -0.2) is 44.7 Å². The molecule has 0 spiro atoms. The number of carbonyl (C=O) groups is 1. The number of allylic oxidation sites excluding steroid dienone is 3. The van der Waals surface area contributed by atoms with E-state index in [1.165, 1.54) is 11.1 Å². The molecule has 1 atom stereocenters. The van der Waals surface area contributed by atoms with Gasteiger partial charge in [0.25, 0.3) is 0 Å². The van der Waals surface area contributed by atoms with Crippen molar-refractivity contribution in [3.8, 4) is 23.0 Å². The third-order valence-corrected chi connectivity index (χ3v) is 7.77. The van der Waals surface area contributed by atoms with E-state index in [0.29, 0.717) is 31.1 Å². The second kappa shape index (κ2) is 8.61. The Morgan fingerprint density at radius 1 is 0.972 bits per heavy atom. The van der Waals surface area contributed by atoms with Gasteiger partial charge in [0.1, 0.15) is 0 Å². The summed E-state index contributed by atoms with van der Waals surface area (Å²) in [5.41, 5.74) is 6.61. The first-order valence-corrected chi connectivity index (χ1v) is 12.8. The second-order valence-corrected chi connectivity index (χ2v) is 10.9. The molecule has 2 aromatic rings. The largest absolute Gasteiger partial charge is 0.493 e. The van der Waals surface area contributed by atoms with E-state index >= 15 is 0 Å². The van der Waals surface area contributed by atoms with Crippen LogP contribution in [0, 0.1) is 5.41 Å². The van der Waals surface area contributed by atoms with Crippen molar-refractivity contribution in [2.75, 3.05) is 34.0 Å². The summed E-state index contributed by atoms with van der Waals surface area (Å²) in [5.74, 6) is 3.07. The quantitative estimate of drug-likeness (QED) is 0.570. The number of benzene rings is 2. The summed E-state index contributed by atoms with van der Waals surface area (Å²) in [5, 5.41) is 0. The molecule has 6 heteroatoms. The summed E-state index contributed by atoms with van der Waals surface area (Å²) in [6.07, 6.45) is 5.47. The molecule has 188 valence electrons. The summed E-state index contributed by atoms with van der Waals surface area (Å²) < 4.78 is 23.1. The van der Waals surface area contributed by atoms with Crippen LogP contribution >= 0.6 is 0 Å². The third-order valence-electron chi connectivity index (χ3n) is 7.77. The summed E-state index contributed by atoms with van der Waals surface area (Å²) in [6.45, 7) is 6.57. The van der Waals surface area contributed by atoms with Gasteiger partial charge in [-0.3, -0.25) is 4.79 Å². The first-order valence-electron chi connectivity index (χ1n) is 12.8. The molecule has 0 bridgehead atoms. The van der Waals surface area contributed by atoms with E-state index in [2.05, 4.69) is 37.0 Å². The zero-order valence-electron chi connectivity index (χ0n) is 21.5. The van der Waals surface area contributed by atoms with Crippen molar-refractivity contribution >= 4 is 11.5 Å². The maximum atomic E-state index is 13.6. The van der Waals surface area contributed by atoms with E-state index in [4.69, 9.17) is 18.9 Å². The molecular formula is C30H33NO5. The highest BCUT2D eigenvalue weighted by atomic mass is 16.5. The maximum Gasteiger partial charge on any atom is 0.162 e. The van der Waals surface area contributed by atoms with Gasteiger partial charge in [-0.2, -0.15) is 0 Å². The van der Waals surface area contributed by atoms with Crippen LogP contribution in [0.5, 0.6) is 23.0 Å². The molecule has 6 rings (SSSR count). The fraction of sp³-hybridized carbons (Fsp3) is 0.433. The lowest BCUT2D eigenvalue weighted by Crippen LogP contribution is -2.40. The van der Waals surface area contributed by atoms with Crippen molar-refractivity contribution in [3.63, 3.8) is 0 Å². The maximum absolute atomic E-state index is 13.6. The Labute approximate surface area is 212 Å². The highest BCUT2D eigenvalue weighted by Gasteiger charge is 2.43. The minimum absolute atomic E-state index is 0.0779. The predicted octanol–water partition coefficient (Wildman–Crippen LogP) is 5.50. The van der Waals surface area contributed by atoms with Gasteiger partial charge in [0.15, 0.2) is 28.8 Å². The highest BCUT2D eigenvalue weighted by Crippen LogP contribution is 2.51. The smallest absolute Gasteiger partial charge is 0.162 e. The van der Waals surface area contributed by atoms with E-state index in [1.807, 2.05) is 18.2 Å². The molecule has 1 aliphatic carbocycles. The van der Waals surface area contributed by atoms with Crippen LogP contribution < -0.4 is 18.9 Å². The Morgan fingerprint density at radius 2 is 1.72 bits per heavy atom. The molecule has 4 aliphatic rings. The van der Waals surface area contributed by atoms with E-state index in [9.17, 15) is 4.79 Å². The van der Waals surface area contributed by atoms with Crippen molar-refractivity contribution in [1.29, 1.82) is 0 Å². The molecule has 0 amide bonds. The van der Waals surface area contributed by atoms with E-state index in [0.717, 1.165) is 59.8 Å². The Kier molecular flexibility index (Phi) is 5.51. The average molecular weight is 488 g/mol. The molecule has 0 saturated heterocycles. The van der Waals surface area contributed by atoms with Gasteiger partial charge in [-0.05, 0) is 59.7 Å². The first-order chi connectivity index (χ1) is 17.4. The number of carbonyl (C=O) groups excluding carboxylic acids is 1. The molecule has 0 saturated carbocycles. The van der Waals surface area contributed by atoms with Crippen LogP contribution in [0.1, 0.15) is 55.7 Å². The topological polar surface area (TPSA) is 57.2 Å². The fourth-order valence-corrected chi connectivity index (χ4v) is 6.10. The van der Waals surface area contributed by atoms with E-state index in [1.54, 1.807) is 14.2 Å². The normalized spacial score (nSPS) is 22.1. The number of methoxy groups -OCH3 is 2. The summed E-state index contributed by atoms with van der Waals surface area (Å²) >= 11 is 0. The van der Waals surface area contributed by atoms with Gasteiger partial charge < -0.3 is 23.8 Å². The summed E-state index contributed by atoms with van der Waals surface area (Å²) in [4.78, 5) is 16.0. The number of nitrogens with zero attached hydrogens (tertiary/aromatic N) is 1. The number of fused-ring (bicyclic) bond motifs is 5. The number of Topliss-reactive ketones (excluding diaryl/α,β-unsaturated/α-hetero) is 1. The second-order valence-electron chi connectivity index (χ2n) is 10.9. The van der Waals surface area contributed by atoms with Gasteiger partial charge in [0.2, 0.25) is 0 Å². The molecule has 0 radical (unpaired) electrons. The van der Waals surface area contributed by atoms with Crippen molar-refractivity contribution in [2.24, 2.45) is 5.41 Å². The van der Waals surface area contributed by atoms with Gasteiger partial charge in [0, 0.05) is 47.8 Å². The monoisotopic (exact) mass is 487 g/mol. The van der Waals surface area contributed by atoms with Crippen molar-refractivity contribution < 1.29 is 23.7 Å². The SMILES string of the molecule is COc1ccc([C@@H]2C=C3c4cc5c(cc4CCN3C3=C2C(=O)CC(C)(C)C3)OCCCO5)cc1OC. The number of rotatable bonds is 3. The van der Waals surface area contributed by atoms with Crippen LogP contribution in [0.3, 0.4) is 0 Å². The minimum atomic E-state index is -0.156. The molecule has 36 heavy (non-hydrogen) atoms. The standard InChI is InChI=1S/C30H33NO5/c1-30(2)16-23-29(24(32)17-30)21(18-6-7-25(33-3)26(12-18)34-4)14-22-20-15-28-27(35-10-5-11-36-28)13-19(20)8-9-31(22)23/h6-7,12-15,21H,5,8-11,16-17H2,1-4H3/t21-/m0/s1. The van der Waals surface area contributed by atoms with Crippen LogP contribution in [-0.2, 0) is 11.2 Å². The Bertz CT molecular complexity index is 1300. The van der Waals surface area contributed by atoms with Gasteiger partial charge in [-0.15, -0.1) is 0 Å². The van der Waals surface area contributed by atoms with Crippen LogP contribution in [0.4, 0.5) is 0 Å². The Morgan fingerprint density at radius 3 is 2.47 bits per heavy atom. The van der Waals surface area contributed by atoms with E-state index < -0.39 is 0 Å². The number of ether oxygens (including phenoxy) is 4. The molecule has 6 nitrogen and oxygen atoms in total. The van der Waals surface area contributed by atoms with Gasteiger partial charge >= 0.3 is 0 Å². The Balaban J connectivity index is 1.53. The molecule has 3 heterocycles. The predicted molar refractivity (Wildman–Crippen MR) is 138 cm³/mol. The molecule has 0 fully saturated rings. The van der Waals surface area contributed by atoms with Crippen LogP contribution in [0.2, 0.25) is 0 Å². The zero-order valence-corrected chi connectivity index (χ0v) is 21.5. The van der Waals surface area contributed by atoms with Crippen LogP contribution in [0.25, 0.3) is 5.70 Å². The van der Waals surface area contributed by atoms with Gasteiger partial charge in [0.05, 0.1) is 27.4 Å².